The van der Waals surface area contributed by atoms with Gasteiger partial charge in [-0.15, -0.1) is 4.48 Å². The summed E-state index contributed by atoms with van der Waals surface area (Å²) < 4.78 is 12.9. The van der Waals surface area contributed by atoms with E-state index in [4.69, 9.17) is 0 Å². The SMILES string of the molecule is CC1CN(Cc2ccccc2)CC1C1=NN/C(=C\N(C)F)C(=O)N1. The first-order valence-electron chi connectivity index (χ1n) is 8.04. The maximum atomic E-state index is 12.9. The van der Waals surface area contributed by atoms with Gasteiger partial charge >= 0.3 is 0 Å². The minimum atomic E-state index is -0.363. The molecule has 1 saturated heterocycles. The molecule has 1 aromatic carbocycles. The summed E-state index contributed by atoms with van der Waals surface area (Å²) in [7, 11) is 1.21. The van der Waals surface area contributed by atoms with Crippen LogP contribution >= 0.6 is 0 Å². The Morgan fingerprint density at radius 1 is 1.38 bits per heavy atom. The van der Waals surface area contributed by atoms with E-state index in [1.807, 2.05) is 18.2 Å². The molecule has 0 aliphatic carbocycles. The number of nitrogens with one attached hydrogen (secondary N) is 2. The summed E-state index contributed by atoms with van der Waals surface area (Å²) in [6.07, 6.45) is 1.06. The number of benzene rings is 1. The summed E-state index contributed by atoms with van der Waals surface area (Å²) in [6.45, 7) is 4.82. The van der Waals surface area contributed by atoms with Crippen molar-refractivity contribution in [3.63, 3.8) is 0 Å². The van der Waals surface area contributed by atoms with Crippen LogP contribution in [0, 0.1) is 11.8 Å². The van der Waals surface area contributed by atoms with Crippen molar-refractivity contribution >= 4 is 11.7 Å². The van der Waals surface area contributed by atoms with Gasteiger partial charge in [0.1, 0.15) is 11.5 Å². The van der Waals surface area contributed by atoms with E-state index in [2.05, 4.69) is 39.8 Å². The molecule has 0 bridgehead atoms. The maximum absolute atomic E-state index is 12.9. The number of nitrogens with zero attached hydrogens (tertiary/aromatic N) is 3. The Morgan fingerprint density at radius 2 is 2.12 bits per heavy atom. The van der Waals surface area contributed by atoms with E-state index >= 15 is 0 Å². The second-order valence-electron chi connectivity index (χ2n) is 6.39. The lowest BCUT2D eigenvalue weighted by Crippen LogP contribution is -2.46. The second kappa shape index (κ2) is 7.00. The highest BCUT2D eigenvalue weighted by Gasteiger charge is 2.35. The van der Waals surface area contributed by atoms with Crippen molar-refractivity contribution in [2.45, 2.75) is 13.5 Å². The smallest absolute Gasteiger partial charge is 0.276 e. The van der Waals surface area contributed by atoms with Gasteiger partial charge in [-0.25, -0.2) is 5.12 Å². The molecule has 2 aliphatic heterocycles. The molecule has 24 heavy (non-hydrogen) atoms. The average molecular weight is 331 g/mol. The number of amides is 1. The van der Waals surface area contributed by atoms with Gasteiger partial charge in [0.15, 0.2) is 0 Å². The Hall–Kier alpha value is -2.41. The fourth-order valence-corrected chi connectivity index (χ4v) is 3.22. The third-order valence-corrected chi connectivity index (χ3v) is 4.38. The molecule has 2 N–H and O–H groups in total. The molecule has 1 fully saturated rings. The van der Waals surface area contributed by atoms with Crippen molar-refractivity contribution in [3.8, 4) is 0 Å². The first-order valence-corrected chi connectivity index (χ1v) is 8.04. The highest BCUT2D eigenvalue weighted by atomic mass is 19.2. The minimum absolute atomic E-state index is 0.0931. The molecule has 3 rings (SSSR count). The van der Waals surface area contributed by atoms with E-state index in [-0.39, 0.29) is 17.5 Å². The van der Waals surface area contributed by atoms with Crippen LogP contribution in [0.3, 0.4) is 0 Å². The van der Waals surface area contributed by atoms with Crippen LogP contribution < -0.4 is 10.7 Å². The van der Waals surface area contributed by atoms with Gasteiger partial charge in [0.05, 0.1) is 6.20 Å². The first kappa shape index (κ1) is 16.4. The van der Waals surface area contributed by atoms with Crippen molar-refractivity contribution in [2.24, 2.45) is 16.9 Å². The lowest BCUT2D eigenvalue weighted by molar-refractivity contribution is -0.117. The molecule has 6 nitrogen and oxygen atoms in total. The molecule has 0 radical (unpaired) electrons. The lowest BCUT2D eigenvalue weighted by Gasteiger charge is -2.23. The maximum Gasteiger partial charge on any atom is 0.276 e. The van der Waals surface area contributed by atoms with Crippen LogP contribution in [-0.2, 0) is 11.3 Å². The van der Waals surface area contributed by atoms with Gasteiger partial charge in [0, 0.05) is 32.6 Å². The highest BCUT2D eigenvalue weighted by molar-refractivity contribution is 6.08. The number of hydrogen-bond donors (Lipinski definition) is 2. The Balaban J connectivity index is 1.65. The number of rotatable bonds is 4. The topological polar surface area (TPSA) is 60.0 Å². The fraction of sp³-hybridized carbons (Fsp3) is 0.412. The molecule has 2 heterocycles. The molecule has 128 valence electrons. The Labute approximate surface area is 140 Å². The van der Waals surface area contributed by atoms with Crippen LogP contribution in [0.5, 0.6) is 0 Å². The molecule has 0 spiro atoms. The van der Waals surface area contributed by atoms with Crippen molar-refractivity contribution in [1.82, 2.24) is 20.8 Å². The molecular formula is C17H22FN5O. The largest absolute Gasteiger partial charge is 0.307 e. The Morgan fingerprint density at radius 3 is 2.79 bits per heavy atom. The quantitative estimate of drug-likeness (QED) is 0.648. The van der Waals surface area contributed by atoms with E-state index in [1.165, 1.54) is 12.6 Å². The number of halogens is 1. The van der Waals surface area contributed by atoms with E-state index in [1.54, 1.807) is 0 Å². The summed E-state index contributed by atoms with van der Waals surface area (Å²) in [6, 6.07) is 10.3. The summed E-state index contributed by atoms with van der Waals surface area (Å²) >= 11 is 0. The van der Waals surface area contributed by atoms with Crippen LogP contribution in [-0.4, -0.2) is 41.9 Å². The van der Waals surface area contributed by atoms with Crippen LogP contribution in [0.25, 0.3) is 0 Å². The van der Waals surface area contributed by atoms with Crippen molar-refractivity contribution < 1.29 is 9.28 Å². The fourth-order valence-electron chi connectivity index (χ4n) is 3.22. The third kappa shape index (κ3) is 3.73. The van der Waals surface area contributed by atoms with Gasteiger partial charge in [0.25, 0.3) is 5.91 Å². The number of amidine groups is 1. The zero-order valence-corrected chi connectivity index (χ0v) is 13.9. The predicted octanol–water partition coefficient (Wildman–Crippen LogP) is 1.45. The molecule has 0 saturated carbocycles. The zero-order valence-electron chi connectivity index (χ0n) is 13.9. The summed E-state index contributed by atoms with van der Waals surface area (Å²) in [5.74, 6) is 0.790. The number of carbonyl (C=O) groups is 1. The summed E-state index contributed by atoms with van der Waals surface area (Å²) in [5.41, 5.74) is 4.01. The minimum Gasteiger partial charge on any atom is -0.307 e. The van der Waals surface area contributed by atoms with Crippen molar-refractivity contribution in [3.05, 3.63) is 47.8 Å². The van der Waals surface area contributed by atoms with E-state index in [0.29, 0.717) is 16.9 Å². The average Bonchev–Trinajstić information content (AvgIpc) is 2.90. The number of hydrogen-bond acceptors (Lipinski definition) is 5. The van der Waals surface area contributed by atoms with Crippen molar-refractivity contribution in [2.75, 3.05) is 20.1 Å². The van der Waals surface area contributed by atoms with Gasteiger partial charge in [0.2, 0.25) is 0 Å². The highest BCUT2D eigenvalue weighted by Crippen LogP contribution is 2.26. The monoisotopic (exact) mass is 331 g/mol. The molecule has 2 aliphatic rings. The summed E-state index contributed by atoms with van der Waals surface area (Å²) in [4.78, 5) is 14.4. The van der Waals surface area contributed by atoms with E-state index < -0.39 is 0 Å². The number of hydrazone groups is 1. The van der Waals surface area contributed by atoms with Crippen LogP contribution in [0.4, 0.5) is 4.48 Å². The Bertz CT molecular complexity index is 658. The number of likely N-dealkylation sites (tertiary alicyclic amines) is 1. The normalized spacial score (nSPS) is 26.0. The molecule has 2 unspecified atom stereocenters. The van der Waals surface area contributed by atoms with Crippen molar-refractivity contribution in [1.29, 1.82) is 0 Å². The molecule has 2 atom stereocenters. The van der Waals surface area contributed by atoms with Crippen LogP contribution in [0.1, 0.15) is 12.5 Å². The zero-order chi connectivity index (χ0) is 17.1. The molecule has 0 aromatic heterocycles. The lowest BCUT2D eigenvalue weighted by atomic mass is 9.96. The van der Waals surface area contributed by atoms with Crippen LogP contribution in [0.15, 0.2) is 47.3 Å². The summed E-state index contributed by atoms with van der Waals surface area (Å²) in [5, 5.41) is 7.35. The Kier molecular flexibility index (Phi) is 4.80. The number of carbonyl (C=O) groups excluding carboxylic acids is 1. The van der Waals surface area contributed by atoms with Gasteiger partial charge in [-0.05, 0) is 11.5 Å². The van der Waals surface area contributed by atoms with Gasteiger partial charge in [-0.2, -0.15) is 5.10 Å². The first-order chi connectivity index (χ1) is 11.5. The molecule has 1 aromatic rings. The van der Waals surface area contributed by atoms with Crippen LogP contribution in [0.2, 0.25) is 0 Å². The van der Waals surface area contributed by atoms with Gasteiger partial charge < -0.3 is 5.32 Å². The van der Waals surface area contributed by atoms with Gasteiger partial charge in [-0.3, -0.25) is 15.1 Å². The molecular weight excluding hydrogens is 309 g/mol. The van der Waals surface area contributed by atoms with E-state index in [9.17, 15) is 9.28 Å². The molecule has 1 amide bonds. The second-order valence-corrected chi connectivity index (χ2v) is 6.39. The third-order valence-electron chi connectivity index (χ3n) is 4.38. The van der Waals surface area contributed by atoms with Gasteiger partial charge in [-0.1, -0.05) is 37.3 Å². The van der Waals surface area contributed by atoms with E-state index in [0.717, 1.165) is 25.8 Å². The standard InChI is InChI=1S/C17H22FN5O/c1-12-8-23(9-13-6-4-3-5-7-13)10-14(12)16-19-17(24)15(20-21-16)11-22(2)18/h3-7,11-12,14,20H,8-10H2,1-2H3,(H,19,21,24)/b15-11-. The predicted molar refractivity (Wildman–Crippen MR) is 90.0 cm³/mol. The molecule has 7 heteroatoms.